The van der Waals surface area contributed by atoms with Crippen LogP contribution in [0.25, 0.3) is 0 Å². The molecule has 0 saturated carbocycles. The SMILES string of the molecule is Cc1ccc(N=C(SCC(=O)Nc2ccccc2)c2c(O)n(C)c(=O)n(C)c2=O)cc1. The third kappa shape index (κ3) is 5.13. The van der Waals surface area contributed by atoms with Gasteiger partial charge in [0.05, 0.1) is 11.4 Å². The maximum atomic E-state index is 12.8. The second kappa shape index (κ2) is 9.48. The summed E-state index contributed by atoms with van der Waals surface area (Å²) in [5, 5.41) is 13.4. The molecule has 8 nitrogen and oxygen atoms in total. The number of anilines is 1. The summed E-state index contributed by atoms with van der Waals surface area (Å²) in [6, 6.07) is 16.2. The quantitative estimate of drug-likeness (QED) is 0.470. The molecule has 0 bridgehead atoms. The summed E-state index contributed by atoms with van der Waals surface area (Å²) in [4.78, 5) is 41.8. The summed E-state index contributed by atoms with van der Waals surface area (Å²) in [5.41, 5.74) is 0.743. The van der Waals surface area contributed by atoms with Crippen molar-refractivity contribution in [2.45, 2.75) is 6.92 Å². The van der Waals surface area contributed by atoms with Gasteiger partial charge in [0.1, 0.15) is 10.6 Å². The number of carbonyl (C=O) groups is 1. The van der Waals surface area contributed by atoms with Gasteiger partial charge in [-0.05, 0) is 31.2 Å². The lowest BCUT2D eigenvalue weighted by molar-refractivity contribution is -0.113. The number of nitrogens with one attached hydrogen (secondary N) is 1. The number of aryl methyl sites for hydroxylation is 1. The summed E-state index contributed by atoms with van der Waals surface area (Å²) in [7, 11) is 2.68. The van der Waals surface area contributed by atoms with E-state index in [0.29, 0.717) is 11.4 Å². The van der Waals surface area contributed by atoms with Crippen LogP contribution in [0.2, 0.25) is 0 Å². The van der Waals surface area contributed by atoms with E-state index in [4.69, 9.17) is 0 Å². The van der Waals surface area contributed by atoms with Crippen LogP contribution in [0.1, 0.15) is 11.1 Å². The zero-order chi connectivity index (χ0) is 22.5. The van der Waals surface area contributed by atoms with Gasteiger partial charge in [-0.1, -0.05) is 47.7 Å². The Bertz CT molecular complexity index is 1250. The summed E-state index contributed by atoms with van der Waals surface area (Å²) in [6.45, 7) is 1.94. The van der Waals surface area contributed by atoms with E-state index in [-0.39, 0.29) is 22.3 Å². The molecule has 0 fully saturated rings. The van der Waals surface area contributed by atoms with E-state index in [1.165, 1.54) is 14.1 Å². The molecule has 31 heavy (non-hydrogen) atoms. The first-order valence-corrected chi connectivity index (χ1v) is 10.4. The van der Waals surface area contributed by atoms with E-state index in [1.54, 1.807) is 36.4 Å². The topological polar surface area (TPSA) is 106 Å². The van der Waals surface area contributed by atoms with Crippen LogP contribution in [0.15, 0.2) is 69.2 Å². The summed E-state index contributed by atoms with van der Waals surface area (Å²) < 4.78 is 1.86. The molecular weight excluding hydrogens is 416 g/mol. The van der Waals surface area contributed by atoms with Gasteiger partial charge in [0.2, 0.25) is 11.8 Å². The monoisotopic (exact) mass is 438 g/mol. The number of nitrogens with zero attached hydrogens (tertiary/aromatic N) is 3. The first kappa shape index (κ1) is 22.1. The number of para-hydroxylation sites is 1. The molecule has 0 aliphatic rings. The standard InChI is InChI=1S/C22H22N4O4S/c1-14-9-11-16(12-10-14)24-19(18-20(28)25(2)22(30)26(3)21(18)29)31-13-17(27)23-15-7-5-4-6-8-15/h4-12,28H,13H2,1-3H3,(H,23,27). The molecule has 0 radical (unpaired) electrons. The Hall–Kier alpha value is -3.59. The van der Waals surface area contributed by atoms with Crippen molar-refractivity contribution in [1.82, 2.24) is 9.13 Å². The number of aromatic hydroxyl groups is 1. The molecule has 0 aliphatic carbocycles. The summed E-state index contributed by atoms with van der Waals surface area (Å²) in [5.74, 6) is -0.853. The number of aromatic nitrogens is 2. The molecule has 0 saturated heterocycles. The first-order chi connectivity index (χ1) is 14.8. The van der Waals surface area contributed by atoms with Crippen LogP contribution in [0.3, 0.4) is 0 Å². The summed E-state index contributed by atoms with van der Waals surface area (Å²) in [6.07, 6.45) is 0. The van der Waals surface area contributed by atoms with E-state index in [9.17, 15) is 19.5 Å². The Morgan fingerprint density at radius 1 is 1.03 bits per heavy atom. The molecule has 0 spiro atoms. The maximum absolute atomic E-state index is 12.8. The van der Waals surface area contributed by atoms with Crippen LogP contribution >= 0.6 is 11.8 Å². The third-order valence-corrected chi connectivity index (χ3v) is 5.49. The van der Waals surface area contributed by atoms with E-state index in [0.717, 1.165) is 26.5 Å². The molecule has 0 atom stereocenters. The van der Waals surface area contributed by atoms with Gasteiger partial charge in [-0.25, -0.2) is 9.79 Å². The fraction of sp³-hybridized carbons (Fsp3) is 0.182. The predicted molar refractivity (Wildman–Crippen MR) is 123 cm³/mol. The van der Waals surface area contributed by atoms with Crippen LogP contribution in [0.4, 0.5) is 11.4 Å². The molecule has 2 aromatic carbocycles. The Labute approximate surface area is 182 Å². The van der Waals surface area contributed by atoms with E-state index < -0.39 is 17.1 Å². The molecular formula is C22H22N4O4S. The van der Waals surface area contributed by atoms with Gasteiger partial charge in [-0.3, -0.25) is 18.7 Å². The van der Waals surface area contributed by atoms with Crippen LogP contribution in [-0.4, -0.2) is 30.9 Å². The lowest BCUT2D eigenvalue weighted by atomic mass is 10.2. The highest BCUT2D eigenvalue weighted by molar-refractivity contribution is 8.15. The molecule has 2 N–H and O–H groups in total. The molecule has 1 aromatic heterocycles. The van der Waals surface area contributed by atoms with Gasteiger partial charge in [-0.15, -0.1) is 0 Å². The highest BCUT2D eigenvalue weighted by atomic mass is 32.2. The lowest BCUT2D eigenvalue weighted by Gasteiger charge is -2.12. The van der Waals surface area contributed by atoms with Crippen LogP contribution in [0, 0.1) is 6.92 Å². The van der Waals surface area contributed by atoms with Gasteiger partial charge in [0, 0.05) is 19.8 Å². The number of carbonyl (C=O) groups excluding carboxylic acids is 1. The molecule has 9 heteroatoms. The largest absolute Gasteiger partial charge is 0.494 e. The first-order valence-electron chi connectivity index (χ1n) is 9.40. The van der Waals surface area contributed by atoms with Crippen LogP contribution in [0.5, 0.6) is 5.88 Å². The Balaban J connectivity index is 1.99. The predicted octanol–water partition coefficient (Wildman–Crippen LogP) is 2.55. The van der Waals surface area contributed by atoms with E-state index in [1.807, 2.05) is 25.1 Å². The van der Waals surface area contributed by atoms with Crippen molar-refractivity contribution in [1.29, 1.82) is 0 Å². The van der Waals surface area contributed by atoms with Gasteiger partial charge < -0.3 is 10.4 Å². The van der Waals surface area contributed by atoms with Gasteiger partial charge in [0.15, 0.2) is 0 Å². The number of amides is 1. The molecule has 0 aliphatic heterocycles. The number of thioether (sulfide) groups is 1. The lowest BCUT2D eigenvalue weighted by Crippen LogP contribution is -2.39. The van der Waals surface area contributed by atoms with Crippen molar-refractivity contribution in [2.75, 3.05) is 11.1 Å². The average molecular weight is 439 g/mol. The average Bonchev–Trinajstić information content (AvgIpc) is 2.77. The zero-order valence-electron chi connectivity index (χ0n) is 17.3. The molecule has 1 heterocycles. The number of hydrogen-bond acceptors (Lipinski definition) is 6. The Kier molecular flexibility index (Phi) is 6.76. The second-order valence-corrected chi connectivity index (χ2v) is 7.82. The molecule has 1 amide bonds. The molecule has 3 rings (SSSR count). The van der Waals surface area contributed by atoms with Crippen molar-refractivity contribution in [3.8, 4) is 5.88 Å². The number of rotatable bonds is 5. The van der Waals surface area contributed by atoms with Crippen molar-refractivity contribution >= 4 is 34.1 Å². The molecule has 0 unspecified atom stereocenters. The normalized spacial score (nSPS) is 11.4. The minimum Gasteiger partial charge on any atom is -0.494 e. The minimum atomic E-state index is -0.692. The molecule has 160 valence electrons. The number of hydrogen-bond donors (Lipinski definition) is 2. The second-order valence-electron chi connectivity index (χ2n) is 6.86. The minimum absolute atomic E-state index is 0.0506. The van der Waals surface area contributed by atoms with Crippen molar-refractivity contribution in [2.24, 2.45) is 19.1 Å². The fourth-order valence-electron chi connectivity index (χ4n) is 2.77. The van der Waals surface area contributed by atoms with E-state index in [2.05, 4.69) is 10.3 Å². The van der Waals surface area contributed by atoms with Crippen molar-refractivity contribution < 1.29 is 9.90 Å². The maximum Gasteiger partial charge on any atom is 0.333 e. The van der Waals surface area contributed by atoms with E-state index >= 15 is 0 Å². The van der Waals surface area contributed by atoms with Crippen LogP contribution in [-0.2, 0) is 18.9 Å². The van der Waals surface area contributed by atoms with Gasteiger partial charge >= 0.3 is 5.69 Å². The highest BCUT2D eigenvalue weighted by Gasteiger charge is 2.21. The zero-order valence-corrected chi connectivity index (χ0v) is 18.1. The van der Waals surface area contributed by atoms with Crippen molar-refractivity contribution in [3.05, 3.63) is 86.6 Å². The van der Waals surface area contributed by atoms with Gasteiger partial charge in [0.25, 0.3) is 5.56 Å². The Morgan fingerprint density at radius 2 is 1.68 bits per heavy atom. The smallest absolute Gasteiger partial charge is 0.333 e. The van der Waals surface area contributed by atoms with Gasteiger partial charge in [-0.2, -0.15) is 0 Å². The van der Waals surface area contributed by atoms with Crippen LogP contribution < -0.4 is 16.6 Å². The summed E-state index contributed by atoms with van der Waals surface area (Å²) >= 11 is 1.00. The number of benzene rings is 2. The fourth-order valence-corrected chi connectivity index (χ4v) is 3.60. The van der Waals surface area contributed by atoms with Crippen molar-refractivity contribution in [3.63, 3.8) is 0 Å². The number of aliphatic imine (C=N–C) groups is 1. The Morgan fingerprint density at radius 3 is 2.32 bits per heavy atom. The third-order valence-electron chi connectivity index (χ3n) is 4.51. The molecule has 3 aromatic rings. The highest BCUT2D eigenvalue weighted by Crippen LogP contribution is 2.23.